The molecular formula is C18H23N6O8S2+. The lowest BCUT2D eigenvalue weighted by Gasteiger charge is -2.12. The molecular weight excluding hydrogens is 492 g/mol. The predicted octanol–water partition coefficient (Wildman–Crippen LogP) is 3.40. The highest BCUT2D eigenvalue weighted by Gasteiger charge is 2.18. The van der Waals surface area contributed by atoms with Crippen molar-refractivity contribution in [3.05, 3.63) is 42.5 Å². The number of azo groups is 1. The van der Waals surface area contributed by atoms with E-state index in [2.05, 4.69) is 15.5 Å². The van der Waals surface area contributed by atoms with Crippen LogP contribution in [-0.4, -0.2) is 37.0 Å². The van der Waals surface area contributed by atoms with Gasteiger partial charge in [0, 0.05) is 12.6 Å². The Morgan fingerprint density at radius 3 is 2.24 bits per heavy atom. The summed E-state index contributed by atoms with van der Waals surface area (Å²) in [6, 6.07) is 7.88. The molecule has 0 unspecified atom stereocenters. The highest BCUT2D eigenvalue weighted by molar-refractivity contribution is 7.86. The number of nitrogens with two attached hydrogens (primary N) is 1. The molecule has 16 heteroatoms. The van der Waals surface area contributed by atoms with Gasteiger partial charge in [0.15, 0.2) is 0 Å². The molecule has 0 aliphatic heterocycles. The van der Waals surface area contributed by atoms with Crippen molar-refractivity contribution >= 4 is 59.7 Å². The Morgan fingerprint density at radius 1 is 1.03 bits per heavy atom. The molecule has 0 aromatic heterocycles. The number of nitrogen functional groups attached to an aromatic ring is 1. The zero-order valence-electron chi connectivity index (χ0n) is 18.2. The summed E-state index contributed by atoms with van der Waals surface area (Å²) in [5, 5.41) is 20.4. The number of anilines is 2. The van der Waals surface area contributed by atoms with Crippen molar-refractivity contribution in [3.8, 4) is 5.75 Å². The van der Waals surface area contributed by atoms with Crippen LogP contribution >= 0.6 is 0 Å². The number of carbonyl (C=O) groups is 1. The van der Waals surface area contributed by atoms with Crippen LogP contribution in [0.15, 0.2) is 62.5 Å². The van der Waals surface area contributed by atoms with E-state index in [0.717, 1.165) is 18.2 Å². The lowest BCUT2D eigenvalue weighted by molar-refractivity contribution is -0.114. The molecule has 0 radical (unpaired) electrons. The monoisotopic (exact) mass is 515 g/mol. The Bertz CT molecular complexity index is 1500. The van der Waals surface area contributed by atoms with Gasteiger partial charge in [0.25, 0.3) is 10.1 Å². The second-order valence-electron chi connectivity index (χ2n) is 6.54. The van der Waals surface area contributed by atoms with Gasteiger partial charge in [-0.15, -0.1) is 10.2 Å². The summed E-state index contributed by atoms with van der Waals surface area (Å²) in [4.78, 5) is 9.86. The summed E-state index contributed by atoms with van der Waals surface area (Å²) in [7, 11) is -9.62. The molecule has 14 nitrogen and oxygen atoms in total. The normalized spacial score (nSPS) is 11.6. The zero-order chi connectivity index (χ0) is 23.8. The molecule has 0 fully saturated rings. The molecule has 0 aliphatic carbocycles. The van der Waals surface area contributed by atoms with Crippen molar-refractivity contribution in [2.75, 3.05) is 11.1 Å². The maximum absolute atomic E-state index is 11.8. The molecule has 0 spiro atoms. The summed E-state index contributed by atoms with van der Waals surface area (Å²) in [6.45, 7) is 1.21. The fourth-order valence-electron chi connectivity index (χ4n) is 2.85. The second-order valence-corrected chi connectivity index (χ2v) is 9.31. The first kappa shape index (κ1) is 28.4. The van der Waals surface area contributed by atoms with E-state index in [1.54, 1.807) is 0 Å². The fourth-order valence-corrected chi connectivity index (χ4v) is 4.03. The van der Waals surface area contributed by atoms with Crippen LogP contribution in [0.1, 0.15) is 6.92 Å². The number of nitrogens with one attached hydrogen (secondary N) is 1. The van der Waals surface area contributed by atoms with Gasteiger partial charge in [0.2, 0.25) is 5.91 Å². The van der Waals surface area contributed by atoms with Gasteiger partial charge in [-0.25, -0.2) is 8.42 Å². The van der Waals surface area contributed by atoms with Crippen LogP contribution in [0.2, 0.25) is 0 Å². The van der Waals surface area contributed by atoms with Crippen molar-refractivity contribution in [2.24, 2.45) is 10.2 Å². The van der Waals surface area contributed by atoms with Crippen LogP contribution in [0.5, 0.6) is 5.75 Å². The number of fused-ring (bicyclic) bond motifs is 1. The van der Waals surface area contributed by atoms with Crippen molar-refractivity contribution in [1.82, 2.24) is 12.3 Å². The number of hydrogen-bond donors (Lipinski definition) is 6. The van der Waals surface area contributed by atoms with Gasteiger partial charge in [0.1, 0.15) is 32.1 Å². The summed E-state index contributed by atoms with van der Waals surface area (Å²) in [5.41, 5.74) is 5.52. The Morgan fingerprint density at radius 2 is 1.68 bits per heavy atom. The molecule has 1 amide bonds. The van der Waals surface area contributed by atoms with Gasteiger partial charge >= 0.3 is 0 Å². The number of aromatic hydroxyl groups is 1. The van der Waals surface area contributed by atoms with Gasteiger partial charge < -0.3 is 33.0 Å². The quantitative estimate of drug-likeness (QED) is 0.164. The van der Waals surface area contributed by atoms with Crippen molar-refractivity contribution < 1.29 is 35.8 Å². The SMILES string of the molecule is CC(=O)Nc1ccc(N=Nc2c(N)ccc3cc(S(=O)(=O)[O-])cc(O)c23)c(S(=O)(=O)O)c1.[NH4+].[NH4+]. The number of benzene rings is 3. The molecule has 0 heterocycles. The summed E-state index contributed by atoms with van der Waals surface area (Å²) < 4.78 is 66.9. The molecule has 0 saturated heterocycles. The van der Waals surface area contributed by atoms with E-state index < -0.39 is 41.7 Å². The van der Waals surface area contributed by atoms with E-state index in [9.17, 15) is 35.8 Å². The smallest absolute Gasteiger partial charge is 0.296 e. The van der Waals surface area contributed by atoms with Crippen molar-refractivity contribution in [1.29, 1.82) is 0 Å². The van der Waals surface area contributed by atoms with Gasteiger partial charge in [-0.1, -0.05) is 6.07 Å². The maximum Gasteiger partial charge on any atom is 0.296 e. The molecule has 13 N–H and O–H groups in total. The van der Waals surface area contributed by atoms with Crippen LogP contribution in [0.3, 0.4) is 0 Å². The highest BCUT2D eigenvalue weighted by atomic mass is 32.2. The lowest BCUT2D eigenvalue weighted by atomic mass is 10.1. The topological polar surface area (TPSA) is 285 Å². The number of rotatable bonds is 5. The summed E-state index contributed by atoms with van der Waals surface area (Å²) in [5.74, 6) is -1.09. The number of nitrogens with zero attached hydrogens (tertiary/aromatic N) is 2. The van der Waals surface area contributed by atoms with Crippen LogP contribution < -0.4 is 23.4 Å². The van der Waals surface area contributed by atoms with Crippen molar-refractivity contribution in [3.63, 3.8) is 0 Å². The number of quaternary nitrogens is 2. The Balaban J connectivity index is 0.00000289. The number of hydrogen-bond acceptors (Lipinski definition) is 10. The molecule has 3 rings (SSSR count). The van der Waals surface area contributed by atoms with E-state index in [1.165, 1.54) is 31.2 Å². The third-order valence-electron chi connectivity index (χ3n) is 4.18. The molecule has 0 aliphatic rings. The Kier molecular flexibility index (Phi) is 8.41. The molecule has 34 heavy (non-hydrogen) atoms. The Labute approximate surface area is 194 Å². The van der Waals surface area contributed by atoms with E-state index in [4.69, 9.17) is 5.73 Å². The van der Waals surface area contributed by atoms with Crippen molar-refractivity contribution in [2.45, 2.75) is 16.7 Å². The molecule has 0 saturated carbocycles. The fraction of sp³-hybridized carbons (Fsp3) is 0.0556. The van der Waals surface area contributed by atoms with E-state index >= 15 is 0 Å². The third-order valence-corrected chi connectivity index (χ3v) is 5.87. The Hall–Kier alpha value is -3.67. The summed E-state index contributed by atoms with van der Waals surface area (Å²) in [6.07, 6.45) is 0. The first-order valence-electron chi connectivity index (χ1n) is 8.59. The average molecular weight is 516 g/mol. The minimum Gasteiger partial charge on any atom is -0.744 e. The largest absolute Gasteiger partial charge is 0.744 e. The van der Waals surface area contributed by atoms with Gasteiger partial charge in [-0.05, 0) is 41.8 Å². The van der Waals surface area contributed by atoms with E-state index in [1.807, 2.05) is 0 Å². The molecule has 3 aromatic carbocycles. The molecule has 3 aromatic rings. The van der Waals surface area contributed by atoms with Crippen LogP contribution in [0.4, 0.5) is 22.7 Å². The number of phenolic OH excluding ortho intramolecular Hbond substituents is 1. The van der Waals surface area contributed by atoms with Gasteiger partial charge in [0.05, 0.1) is 16.0 Å². The van der Waals surface area contributed by atoms with Gasteiger partial charge in [-0.3, -0.25) is 9.35 Å². The van der Waals surface area contributed by atoms with Gasteiger partial charge in [-0.2, -0.15) is 8.42 Å². The average Bonchev–Trinajstić information content (AvgIpc) is 2.66. The number of phenols is 1. The predicted molar refractivity (Wildman–Crippen MR) is 125 cm³/mol. The van der Waals surface area contributed by atoms with Crippen LogP contribution in [0.25, 0.3) is 10.8 Å². The van der Waals surface area contributed by atoms with E-state index in [-0.39, 0.29) is 45.8 Å². The lowest BCUT2D eigenvalue weighted by Crippen LogP contribution is -2.07. The minimum atomic E-state index is -4.85. The van der Waals surface area contributed by atoms with Crippen LogP contribution in [-0.2, 0) is 25.0 Å². The first-order chi connectivity index (χ1) is 14.8. The first-order valence-corrected chi connectivity index (χ1v) is 11.4. The maximum atomic E-state index is 11.8. The third kappa shape index (κ3) is 6.01. The number of carbonyl (C=O) groups excluding carboxylic acids is 1. The van der Waals surface area contributed by atoms with E-state index in [0.29, 0.717) is 0 Å². The number of amides is 1. The standard InChI is InChI=1S/C18H16N4O8S2.2H3N/c1-9(23)20-11-3-5-14(16(7-11)32(28,29)30)21-22-18-13(19)4-2-10-6-12(31(25,26)27)8-15(24)17(10)18;;/h2-8,24H,19H2,1H3,(H,20,23)(H,25,26,27)(H,28,29,30);2*1H3/p+1. The second kappa shape index (κ2) is 10.1. The van der Waals surface area contributed by atoms with Crippen LogP contribution in [0, 0.1) is 0 Å². The summed E-state index contributed by atoms with van der Waals surface area (Å²) >= 11 is 0. The highest BCUT2D eigenvalue weighted by Crippen LogP contribution is 2.40. The minimum absolute atomic E-state index is 0. The molecule has 0 atom stereocenters. The molecule has 184 valence electrons. The zero-order valence-corrected chi connectivity index (χ0v) is 19.8. The molecule has 0 bridgehead atoms.